The molecule has 0 aromatic heterocycles. The lowest BCUT2D eigenvalue weighted by Gasteiger charge is -2.28. The number of aromatic hydroxyl groups is 1. The number of amides is 1. The third-order valence-corrected chi connectivity index (χ3v) is 4.19. The molecule has 1 amide bonds. The van der Waals surface area contributed by atoms with Gasteiger partial charge in [-0.25, -0.2) is 0 Å². The van der Waals surface area contributed by atoms with Crippen LogP contribution in [0.15, 0.2) is 24.3 Å². The second kappa shape index (κ2) is 10.9. The molecule has 4 N–H and O–H groups in total. The summed E-state index contributed by atoms with van der Waals surface area (Å²) in [6, 6.07) is 6.56. The molecule has 0 spiro atoms. The van der Waals surface area contributed by atoms with Crippen LogP contribution in [0, 0.1) is 0 Å². The number of para-hydroxylation sites is 2. The number of rotatable bonds is 8. The highest BCUT2D eigenvalue weighted by molar-refractivity contribution is 7.80. The van der Waals surface area contributed by atoms with Crippen molar-refractivity contribution in [3.63, 3.8) is 0 Å². The lowest BCUT2D eigenvalue weighted by atomic mass is 10.1. The number of nitrogens with one attached hydrogen (secondary N) is 3. The highest BCUT2D eigenvalue weighted by Gasteiger charge is 2.34. The fraction of sp³-hybridized carbons (Fsp3) is 0.500. The van der Waals surface area contributed by atoms with E-state index in [0.717, 1.165) is 25.7 Å². The first kappa shape index (κ1) is 22.1. The molecule has 0 aliphatic rings. The molecular weight excluding hydrogens is 405 g/mol. The number of benzene rings is 1. The molecule has 5 nitrogen and oxygen atoms in total. The number of thiocarbonyl (C=S) groups is 1. The number of carbonyl (C=O) groups is 1. The van der Waals surface area contributed by atoms with E-state index in [1.807, 2.05) is 0 Å². The lowest BCUT2D eigenvalue weighted by Crippen LogP contribution is -2.56. The molecule has 1 atom stereocenters. The Labute approximate surface area is 168 Å². The van der Waals surface area contributed by atoms with Gasteiger partial charge in [0.1, 0.15) is 11.9 Å². The molecule has 0 aliphatic heterocycles. The Morgan fingerprint density at radius 2 is 1.88 bits per heavy atom. The van der Waals surface area contributed by atoms with E-state index in [4.69, 9.17) is 47.0 Å². The fourth-order valence-electron chi connectivity index (χ4n) is 2.01. The van der Waals surface area contributed by atoms with Gasteiger partial charge in [-0.05, 0) is 30.8 Å². The van der Waals surface area contributed by atoms with Crippen LogP contribution < -0.4 is 16.0 Å². The van der Waals surface area contributed by atoms with Crippen LogP contribution in [0.3, 0.4) is 0 Å². The van der Waals surface area contributed by atoms with E-state index in [1.54, 1.807) is 18.2 Å². The second-order valence-corrected chi connectivity index (χ2v) is 8.25. The zero-order chi connectivity index (χ0) is 18.9. The molecule has 1 aromatic rings. The van der Waals surface area contributed by atoms with E-state index in [0.29, 0.717) is 12.1 Å². The highest BCUT2D eigenvalue weighted by Crippen LogP contribution is 2.29. The third-order valence-electron chi connectivity index (χ3n) is 3.32. The molecule has 0 saturated heterocycles. The Balaban J connectivity index is 2.59. The first-order valence-corrected chi connectivity index (χ1v) is 9.49. The summed E-state index contributed by atoms with van der Waals surface area (Å²) in [4.78, 5) is 12.0. The van der Waals surface area contributed by atoms with Gasteiger partial charge >= 0.3 is 0 Å². The summed E-state index contributed by atoms with van der Waals surface area (Å²) in [5.41, 5.74) is 0.397. The fourth-order valence-corrected chi connectivity index (χ4v) is 2.57. The van der Waals surface area contributed by atoms with Gasteiger partial charge in [0, 0.05) is 6.42 Å². The molecule has 25 heavy (non-hydrogen) atoms. The predicted octanol–water partition coefficient (Wildman–Crippen LogP) is 4.46. The molecule has 0 heterocycles. The number of anilines is 1. The third kappa shape index (κ3) is 8.81. The Hall–Kier alpha value is -0.950. The van der Waals surface area contributed by atoms with Gasteiger partial charge in [-0.1, -0.05) is 73.1 Å². The molecule has 0 saturated carbocycles. The van der Waals surface area contributed by atoms with Crippen LogP contribution in [-0.2, 0) is 4.79 Å². The van der Waals surface area contributed by atoms with E-state index in [-0.39, 0.29) is 16.8 Å². The summed E-state index contributed by atoms with van der Waals surface area (Å²) in [6.45, 7) is 2.10. The van der Waals surface area contributed by atoms with E-state index < -0.39 is 9.96 Å². The van der Waals surface area contributed by atoms with Crippen molar-refractivity contribution in [2.75, 3.05) is 5.32 Å². The number of unbranched alkanes of at least 4 members (excludes halogenated alkanes) is 3. The number of alkyl halides is 3. The Bertz CT molecular complexity index is 582. The average molecular weight is 427 g/mol. The van der Waals surface area contributed by atoms with Gasteiger partial charge in [0.25, 0.3) is 0 Å². The van der Waals surface area contributed by atoms with Crippen LogP contribution in [0.1, 0.15) is 39.0 Å². The van der Waals surface area contributed by atoms with Crippen LogP contribution in [0.25, 0.3) is 0 Å². The number of carbonyl (C=O) groups excluding carboxylic acids is 1. The summed E-state index contributed by atoms with van der Waals surface area (Å²) in [5, 5.41) is 18.0. The minimum absolute atomic E-state index is 0.0250. The topological polar surface area (TPSA) is 73.4 Å². The summed E-state index contributed by atoms with van der Waals surface area (Å²) in [5.74, 6) is -0.206. The van der Waals surface area contributed by atoms with Crippen LogP contribution in [0.4, 0.5) is 5.69 Å². The van der Waals surface area contributed by atoms with E-state index in [9.17, 15) is 9.90 Å². The SMILES string of the molecule is CCCCCCC(=O)NC(NC(=S)Nc1ccccc1O)C(Cl)(Cl)Cl. The van der Waals surface area contributed by atoms with Crippen molar-refractivity contribution < 1.29 is 9.90 Å². The zero-order valence-electron chi connectivity index (χ0n) is 13.8. The molecule has 0 radical (unpaired) electrons. The Morgan fingerprint density at radius 1 is 1.20 bits per heavy atom. The largest absolute Gasteiger partial charge is 0.506 e. The summed E-state index contributed by atoms with van der Waals surface area (Å²) < 4.78 is -1.80. The minimum Gasteiger partial charge on any atom is -0.506 e. The van der Waals surface area contributed by atoms with Gasteiger partial charge in [0.05, 0.1) is 5.69 Å². The van der Waals surface area contributed by atoms with Crippen molar-refractivity contribution in [2.45, 2.75) is 49.0 Å². The molecule has 9 heteroatoms. The van der Waals surface area contributed by atoms with Gasteiger partial charge in [0.2, 0.25) is 9.70 Å². The molecule has 1 rings (SSSR count). The van der Waals surface area contributed by atoms with Gasteiger partial charge < -0.3 is 21.1 Å². The van der Waals surface area contributed by atoms with Crippen LogP contribution in [0.5, 0.6) is 5.75 Å². The minimum atomic E-state index is -1.80. The monoisotopic (exact) mass is 425 g/mol. The number of hydrogen-bond acceptors (Lipinski definition) is 3. The lowest BCUT2D eigenvalue weighted by molar-refractivity contribution is -0.122. The highest BCUT2D eigenvalue weighted by atomic mass is 35.6. The van der Waals surface area contributed by atoms with Crippen molar-refractivity contribution in [1.29, 1.82) is 0 Å². The van der Waals surface area contributed by atoms with Crippen molar-refractivity contribution in [3.8, 4) is 5.75 Å². The normalized spacial score (nSPS) is 12.3. The maximum atomic E-state index is 12.0. The molecule has 0 fully saturated rings. The van der Waals surface area contributed by atoms with E-state index in [1.165, 1.54) is 6.07 Å². The molecule has 0 aliphatic carbocycles. The zero-order valence-corrected chi connectivity index (χ0v) is 16.9. The molecular formula is C16H22Cl3N3O2S. The molecule has 140 valence electrons. The maximum absolute atomic E-state index is 12.0. The number of halogens is 3. The number of phenolic OH excluding ortho intramolecular Hbond substituents is 1. The van der Waals surface area contributed by atoms with E-state index >= 15 is 0 Å². The first-order chi connectivity index (χ1) is 11.7. The number of phenols is 1. The number of hydrogen-bond donors (Lipinski definition) is 4. The molecule has 1 aromatic carbocycles. The van der Waals surface area contributed by atoms with Crippen molar-refractivity contribution >= 4 is 63.7 Å². The van der Waals surface area contributed by atoms with Crippen molar-refractivity contribution in [2.24, 2.45) is 0 Å². The maximum Gasteiger partial charge on any atom is 0.228 e. The summed E-state index contributed by atoms with van der Waals surface area (Å²) in [7, 11) is 0. The Kier molecular flexibility index (Phi) is 9.64. The van der Waals surface area contributed by atoms with Crippen molar-refractivity contribution in [3.05, 3.63) is 24.3 Å². The molecule has 1 unspecified atom stereocenters. The summed E-state index contributed by atoms with van der Waals surface area (Å²) in [6.07, 6.45) is 3.25. The Morgan fingerprint density at radius 3 is 2.48 bits per heavy atom. The molecule has 0 bridgehead atoms. The smallest absolute Gasteiger partial charge is 0.228 e. The summed E-state index contributed by atoms with van der Waals surface area (Å²) >= 11 is 22.9. The quantitative estimate of drug-likeness (QED) is 0.162. The second-order valence-electron chi connectivity index (χ2n) is 5.47. The van der Waals surface area contributed by atoms with Gasteiger partial charge in [-0.2, -0.15) is 0 Å². The van der Waals surface area contributed by atoms with E-state index in [2.05, 4.69) is 22.9 Å². The van der Waals surface area contributed by atoms with Crippen LogP contribution in [0.2, 0.25) is 0 Å². The standard InChI is InChI=1S/C16H22Cl3N3O2S/c1-2-3-4-5-10-13(24)21-14(16(17,18)19)22-15(25)20-11-8-6-7-9-12(11)23/h6-9,14,23H,2-5,10H2,1H3,(H,21,24)(H2,20,22,25). The first-order valence-electron chi connectivity index (χ1n) is 7.95. The predicted molar refractivity (Wildman–Crippen MR) is 108 cm³/mol. The van der Waals surface area contributed by atoms with Gasteiger partial charge in [0.15, 0.2) is 5.11 Å². The van der Waals surface area contributed by atoms with Crippen molar-refractivity contribution in [1.82, 2.24) is 10.6 Å². The van der Waals surface area contributed by atoms with Crippen LogP contribution in [-0.4, -0.2) is 26.1 Å². The van der Waals surface area contributed by atoms with Crippen LogP contribution >= 0.6 is 47.0 Å². The van der Waals surface area contributed by atoms with Gasteiger partial charge in [-0.15, -0.1) is 0 Å². The average Bonchev–Trinajstić information content (AvgIpc) is 2.52. The van der Waals surface area contributed by atoms with Gasteiger partial charge in [-0.3, -0.25) is 4.79 Å².